The van der Waals surface area contributed by atoms with Crippen LogP contribution in [0.15, 0.2) is 24.4 Å². The maximum Gasteiger partial charge on any atom is 0.101 e. The van der Waals surface area contributed by atoms with Crippen LogP contribution in [0.25, 0.3) is 0 Å². The zero-order valence-electron chi connectivity index (χ0n) is 6.77. The topological polar surface area (TPSA) is 45.2 Å². The zero-order chi connectivity index (χ0) is 8.39. The summed E-state index contributed by atoms with van der Waals surface area (Å²) < 4.78 is 0. The van der Waals surface area contributed by atoms with E-state index in [1.54, 1.807) is 6.20 Å². The molecule has 1 aliphatic rings. The average molecular weight is 164 g/mol. The lowest BCUT2D eigenvalue weighted by Gasteiger charge is -2.31. The Labute approximate surface area is 71.4 Å². The van der Waals surface area contributed by atoms with Gasteiger partial charge >= 0.3 is 0 Å². The summed E-state index contributed by atoms with van der Waals surface area (Å²) in [5, 5.41) is 12.9. The van der Waals surface area contributed by atoms with Gasteiger partial charge in [-0.3, -0.25) is 4.98 Å². The lowest BCUT2D eigenvalue weighted by Crippen LogP contribution is -2.45. The summed E-state index contributed by atoms with van der Waals surface area (Å²) in [7, 11) is 0. The van der Waals surface area contributed by atoms with Gasteiger partial charge in [-0.2, -0.15) is 0 Å². The maximum atomic E-state index is 9.74. The van der Waals surface area contributed by atoms with E-state index < -0.39 is 6.10 Å². The second-order valence-electron chi connectivity index (χ2n) is 3.12. The fraction of sp³-hybridized carbons (Fsp3) is 0.444. The molecule has 1 atom stereocenters. The second kappa shape index (κ2) is 3.21. The molecule has 3 nitrogen and oxygen atoms in total. The SMILES string of the molecule is O[C@@H](c1ccccn1)C1CNC1. The van der Waals surface area contributed by atoms with Crippen molar-refractivity contribution >= 4 is 0 Å². The fourth-order valence-electron chi connectivity index (χ4n) is 1.33. The molecule has 64 valence electrons. The first kappa shape index (κ1) is 7.71. The molecule has 1 aromatic rings. The molecule has 2 rings (SSSR count). The van der Waals surface area contributed by atoms with E-state index in [0.717, 1.165) is 18.8 Å². The molecule has 2 N–H and O–H groups in total. The first-order valence-electron chi connectivity index (χ1n) is 4.17. The number of hydrogen-bond acceptors (Lipinski definition) is 3. The van der Waals surface area contributed by atoms with Crippen molar-refractivity contribution in [3.63, 3.8) is 0 Å². The highest BCUT2D eigenvalue weighted by Crippen LogP contribution is 2.22. The molecular formula is C9H12N2O. The maximum absolute atomic E-state index is 9.74. The van der Waals surface area contributed by atoms with Crippen LogP contribution in [0.2, 0.25) is 0 Å². The standard InChI is InChI=1S/C9H12N2O/c12-9(7-5-10-6-7)8-3-1-2-4-11-8/h1-4,7,9-10,12H,5-6H2/t9-/m1/s1. The van der Waals surface area contributed by atoms with E-state index in [2.05, 4.69) is 10.3 Å². The van der Waals surface area contributed by atoms with Gasteiger partial charge in [-0.15, -0.1) is 0 Å². The molecule has 2 heterocycles. The predicted octanol–water partition coefficient (Wildman–Crippen LogP) is 0.334. The highest BCUT2D eigenvalue weighted by Gasteiger charge is 2.26. The highest BCUT2D eigenvalue weighted by molar-refractivity contribution is 5.09. The number of rotatable bonds is 2. The van der Waals surface area contributed by atoms with Gasteiger partial charge in [0.15, 0.2) is 0 Å². The molecule has 12 heavy (non-hydrogen) atoms. The van der Waals surface area contributed by atoms with E-state index in [0.29, 0.717) is 5.92 Å². The molecule has 0 unspecified atom stereocenters. The minimum Gasteiger partial charge on any atom is -0.386 e. The Hall–Kier alpha value is -0.930. The first-order valence-corrected chi connectivity index (χ1v) is 4.17. The fourth-order valence-corrected chi connectivity index (χ4v) is 1.33. The quantitative estimate of drug-likeness (QED) is 0.662. The Balaban J connectivity index is 2.08. The van der Waals surface area contributed by atoms with Gasteiger partial charge in [0.25, 0.3) is 0 Å². The number of aliphatic hydroxyl groups is 1. The molecule has 0 bridgehead atoms. The molecule has 1 aromatic heterocycles. The summed E-state index contributed by atoms with van der Waals surface area (Å²) >= 11 is 0. The molecule has 0 aliphatic carbocycles. The number of hydrogen-bond donors (Lipinski definition) is 2. The summed E-state index contributed by atoms with van der Waals surface area (Å²) in [4.78, 5) is 4.10. The van der Waals surface area contributed by atoms with Crippen molar-refractivity contribution in [2.75, 3.05) is 13.1 Å². The van der Waals surface area contributed by atoms with Gasteiger partial charge in [-0.05, 0) is 12.1 Å². The molecule has 1 aliphatic heterocycles. The molecule has 0 amide bonds. The van der Waals surface area contributed by atoms with Gasteiger partial charge in [-0.1, -0.05) is 6.07 Å². The predicted molar refractivity (Wildman–Crippen MR) is 45.6 cm³/mol. The smallest absolute Gasteiger partial charge is 0.101 e. The number of aromatic nitrogens is 1. The van der Waals surface area contributed by atoms with Crippen LogP contribution in [0.5, 0.6) is 0 Å². The third-order valence-corrected chi connectivity index (χ3v) is 2.25. The monoisotopic (exact) mass is 164 g/mol. The first-order chi connectivity index (χ1) is 5.88. The molecule has 0 radical (unpaired) electrons. The van der Waals surface area contributed by atoms with Crippen molar-refractivity contribution in [2.45, 2.75) is 6.10 Å². The Kier molecular flexibility index (Phi) is 2.06. The zero-order valence-corrected chi connectivity index (χ0v) is 6.77. The van der Waals surface area contributed by atoms with Gasteiger partial charge in [0, 0.05) is 25.2 Å². The van der Waals surface area contributed by atoms with E-state index in [1.807, 2.05) is 18.2 Å². The number of nitrogens with zero attached hydrogens (tertiary/aromatic N) is 1. The Morgan fingerprint density at radius 3 is 2.83 bits per heavy atom. The summed E-state index contributed by atoms with van der Waals surface area (Å²) in [5.74, 6) is 0.347. The second-order valence-corrected chi connectivity index (χ2v) is 3.12. The summed E-state index contributed by atoms with van der Waals surface area (Å²) in [5.41, 5.74) is 0.781. The number of aliphatic hydroxyl groups excluding tert-OH is 1. The van der Waals surface area contributed by atoms with E-state index in [9.17, 15) is 5.11 Å². The summed E-state index contributed by atoms with van der Waals surface area (Å²) in [6.07, 6.45) is 1.32. The van der Waals surface area contributed by atoms with Gasteiger partial charge in [0.1, 0.15) is 6.10 Å². The molecule has 3 heteroatoms. The van der Waals surface area contributed by atoms with Crippen molar-refractivity contribution in [2.24, 2.45) is 5.92 Å². The van der Waals surface area contributed by atoms with Crippen molar-refractivity contribution in [1.82, 2.24) is 10.3 Å². The van der Waals surface area contributed by atoms with Crippen LogP contribution in [-0.4, -0.2) is 23.2 Å². The van der Waals surface area contributed by atoms with Crippen LogP contribution in [-0.2, 0) is 0 Å². The van der Waals surface area contributed by atoms with Crippen LogP contribution < -0.4 is 5.32 Å². The van der Waals surface area contributed by atoms with Crippen molar-refractivity contribution in [3.8, 4) is 0 Å². The van der Waals surface area contributed by atoms with E-state index in [-0.39, 0.29) is 0 Å². The third kappa shape index (κ3) is 1.33. The largest absolute Gasteiger partial charge is 0.386 e. The molecule has 1 fully saturated rings. The molecule has 1 saturated heterocycles. The van der Waals surface area contributed by atoms with Crippen LogP contribution in [0, 0.1) is 5.92 Å². The molecular weight excluding hydrogens is 152 g/mol. The number of nitrogens with one attached hydrogen (secondary N) is 1. The van der Waals surface area contributed by atoms with E-state index >= 15 is 0 Å². The minimum atomic E-state index is -0.396. The lowest BCUT2D eigenvalue weighted by atomic mass is 9.94. The van der Waals surface area contributed by atoms with Crippen LogP contribution in [0.1, 0.15) is 11.8 Å². The van der Waals surface area contributed by atoms with Gasteiger partial charge in [0.2, 0.25) is 0 Å². The average Bonchev–Trinajstić information content (AvgIpc) is 2.03. The van der Waals surface area contributed by atoms with E-state index in [1.165, 1.54) is 0 Å². The van der Waals surface area contributed by atoms with Crippen LogP contribution in [0.4, 0.5) is 0 Å². The van der Waals surface area contributed by atoms with Gasteiger partial charge in [0.05, 0.1) is 5.69 Å². The van der Waals surface area contributed by atoms with Crippen LogP contribution >= 0.6 is 0 Å². The highest BCUT2D eigenvalue weighted by atomic mass is 16.3. The van der Waals surface area contributed by atoms with Crippen LogP contribution in [0.3, 0.4) is 0 Å². The van der Waals surface area contributed by atoms with E-state index in [4.69, 9.17) is 0 Å². The van der Waals surface area contributed by atoms with Gasteiger partial charge in [-0.25, -0.2) is 0 Å². The number of pyridine rings is 1. The minimum absolute atomic E-state index is 0.347. The molecule has 0 spiro atoms. The Bertz CT molecular complexity index is 246. The van der Waals surface area contributed by atoms with Crippen molar-refractivity contribution < 1.29 is 5.11 Å². The molecule has 0 saturated carbocycles. The lowest BCUT2D eigenvalue weighted by molar-refractivity contribution is 0.0731. The summed E-state index contributed by atoms with van der Waals surface area (Å²) in [6, 6.07) is 5.62. The van der Waals surface area contributed by atoms with Gasteiger partial charge < -0.3 is 10.4 Å². The normalized spacial score (nSPS) is 20.1. The third-order valence-electron chi connectivity index (χ3n) is 2.25. The molecule has 0 aromatic carbocycles. The Morgan fingerprint density at radius 2 is 2.33 bits per heavy atom. The summed E-state index contributed by atoms with van der Waals surface area (Å²) in [6.45, 7) is 1.80. The van der Waals surface area contributed by atoms with Crippen molar-refractivity contribution in [1.29, 1.82) is 0 Å². The van der Waals surface area contributed by atoms with Crippen molar-refractivity contribution in [3.05, 3.63) is 30.1 Å². The Morgan fingerprint density at radius 1 is 1.50 bits per heavy atom.